The van der Waals surface area contributed by atoms with E-state index in [0.29, 0.717) is 12.8 Å². The number of nitrogens with one attached hydrogen (secondary N) is 3. The molecular formula is C36H49N3O8S2. The van der Waals surface area contributed by atoms with Gasteiger partial charge >= 0.3 is 12.1 Å². The Morgan fingerprint density at radius 2 is 1.59 bits per heavy atom. The highest BCUT2D eigenvalue weighted by Gasteiger charge is 2.38. The van der Waals surface area contributed by atoms with Gasteiger partial charge in [0.15, 0.2) is 6.10 Å². The van der Waals surface area contributed by atoms with E-state index >= 15 is 0 Å². The predicted octanol–water partition coefficient (Wildman–Crippen LogP) is 4.80. The molecular weight excluding hydrogens is 667 g/mol. The quantitative estimate of drug-likeness (QED) is 0.159. The summed E-state index contributed by atoms with van der Waals surface area (Å²) >= 11 is 0. The van der Waals surface area contributed by atoms with Crippen LogP contribution in [0.3, 0.4) is 0 Å². The molecule has 1 heterocycles. The maximum atomic E-state index is 13.5. The van der Waals surface area contributed by atoms with Crippen LogP contribution in [-0.2, 0) is 28.6 Å². The van der Waals surface area contributed by atoms with E-state index in [9.17, 15) is 24.3 Å². The number of rotatable bonds is 14. The smallest absolute Gasteiger partial charge is 0.407 e. The second kappa shape index (κ2) is 17.6. The molecule has 0 bridgehead atoms. The molecule has 2 aromatic carbocycles. The van der Waals surface area contributed by atoms with E-state index in [0.717, 1.165) is 22.3 Å². The summed E-state index contributed by atoms with van der Waals surface area (Å²) in [6.45, 7) is 10.2. The van der Waals surface area contributed by atoms with E-state index < -0.39 is 54.3 Å². The lowest BCUT2D eigenvalue weighted by atomic mass is 9.98. The van der Waals surface area contributed by atoms with E-state index in [2.05, 4.69) is 48.9 Å². The lowest BCUT2D eigenvalue weighted by molar-refractivity contribution is -0.161. The Morgan fingerprint density at radius 3 is 2.18 bits per heavy atom. The third-order valence-electron chi connectivity index (χ3n) is 8.24. The average Bonchev–Trinajstić information content (AvgIpc) is 3.38. The van der Waals surface area contributed by atoms with Crippen LogP contribution in [0.5, 0.6) is 0 Å². The summed E-state index contributed by atoms with van der Waals surface area (Å²) < 4.78 is 16.4. The lowest BCUT2D eigenvalue weighted by Gasteiger charge is -2.34. The van der Waals surface area contributed by atoms with Crippen molar-refractivity contribution in [2.45, 2.75) is 94.9 Å². The van der Waals surface area contributed by atoms with Crippen molar-refractivity contribution >= 4 is 45.5 Å². The van der Waals surface area contributed by atoms with Gasteiger partial charge in [0, 0.05) is 23.0 Å². The summed E-state index contributed by atoms with van der Waals surface area (Å²) in [6.07, 6.45) is -2.52. The van der Waals surface area contributed by atoms with E-state index in [4.69, 9.17) is 14.2 Å². The molecule has 0 unspecified atom stereocenters. The molecule has 1 aliphatic heterocycles. The Morgan fingerprint density at radius 1 is 0.959 bits per heavy atom. The van der Waals surface area contributed by atoms with Gasteiger partial charge in [-0.1, -0.05) is 105 Å². The summed E-state index contributed by atoms with van der Waals surface area (Å²) in [5.41, 5.74) is 4.42. The van der Waals surface area contributed by atoms with Crippen molar-refractivity contribution in [3.8, 4) is 11.1 Å². The molecule has 5 atom stereocenters. The average molecular weight is 716 g/mol. The van der Waals surface area contributed by atoms with Crippen LogP contribution in [0.25, 0.3) is 11.1 Å². The van der Waals surface area contributed by atoms with Crippen LogP contribution in [0.1, 0.15) is 70.9 Å². The number of methoxy groups -OCH3 is 1. The highest BCUT2D eigenvalue weighted by atomic mass is 33.1. The molecule has 11 nitrogen and oxygen atoms in total. The molecule has 2 aliphatic rings. The molecule has 0 aromatic heterocycles. The van der Waals surface area contributed by atoms with Crippen molar-refractivity contribution in [1.29, 1.82) is 0 Å². The van der Waals surface area contributed by atoms with Gasteiger partial charge in [0.2, 0.25) is 5.91 Å². The highest BCUT2D eigenvalue weighted by molar-refractivity contribution is 8.77. The third-order valence-corrected chi connectivity index (χ3v) is 11.6. The fourth-order valence-electron chi connectivity index (χ4n) is 5.92. The van der Waals surface area contributed by atoms with Crippen molar-refractivity contribution in [2.75, 3.05) is 26.0 Å². The Bertz CT molecular complexity index is 1420. The van der Waals surface area contributed by atoms with E-state index in [1.165, 1.54) is 17.9 Å². The first-order valence-corrected chi connectivity index (χ1v) is 19.0. The number of carbonyl (C=O) groups is 4. The normalized spacial score (nSPS) is 20.0. The topological polar surface area (TPSA) is 152 Å². The summed E-state index contributed by atoms with van der Waals surface area (Å²) in [6, 6.07) is 14.4. The molecule has 1 aliphatic carbocycles. The summed E-state index contributed by atoms with van der Waals surface area (Å²) in [5.74, 6) is -1.33. The predicted molar refractivity (Wildman–Crippen MR) is 192 cm³/mol. The number of amides is 3. The Kier molecular flexibility index (Phi) is 13.8. The summed E-state index contributed by atoms with van der Waals surface area (Å²) in [4.78, 5) is 51.9. The first-order valence-electron chi connectivity index (χ1n) is 16.7. The van der Waals surface area contributed by atoms with Crippen LogP contribution in [0.2, 0.25) is 0 Å². The summed E-state index contributed by atoms with van der Waals surface area (Å²) in [7, 11) is 4.33. The van der Waals surface area contributed by atoms with E-state index in [1.54, 1.807) is 10.8 Å². The van der Waals surface area contributed by atoms with Gasteiger partial charge in [0.05, 0.1) is 19.3 Å². The van der Waals surface area contributed by atoms with E-state index in [-0.39, 0.29) is 41.9 Å². The Balaban J connectivity index is 1.35. The molecule has 4 rings (SSSR count). The molecule has 1 saturated heterocycles. The molecule has 2 aromatic rings. The first kappa shape index (κ1) is 38.5. The maximum Gasteiger partial charge on any atom is 0.407 e. The number of hydrogen-bond acceptors (Lipinski definition) is 10. The lowest BCUT2D eigenvalue weighted by Crippen LogP contribution is -2.55. The largest absolute Gasteiger partial charge is 0.467 e. The molecule has 0 radical (unpaired) electrons. The van der Waals surface area contributed by atoms with Crippen molar-refractivity contribution in [2.24, 2.45) is 5.92 Å². The van der Waals surface area contributed by atoms with Crippen molar-refractivity contribution < 1.29 is 38.5 Å². The van der Waals surface area contributed by atoms with Crippen LogP contribution in [0.15, 0.2) is 48.5 Å². The SMILES string of the molecule is COC(=O)[C@H](CC(C)C)NC(=O)[C@H]1O[C@@H](CNC(=O)[C@@H](CSSC(C)(C)C)NC(=O)OCC2c3ccccc3-c3ccccc32)CC[C@@H]1O. The number of benzene rings is 2. The van der Waals surface area contributed by atoms with Crippen molar-refractivity contribution in [3.05, 3.63) is 59.7 Å². The Hall–Kier alpha value is -3.26. The van der Waals surface area contributed by atoms with Crippen LogP contribution in [0, 0.1) is 5.92 Å². The molecule has 13 heteroatoms. The zero-order valence-electron chi connectivity index (χ0n) is 29.0. The maximum absolute atomic E-state index is 13.5. The second-order valence-corrected chi connectivity index (χ2v) is 17.0. The first-order chi connectivity index (χ1) is 23.3. The number of carbonyl (C=O) groups excluding carboxylic acids is 4. The van der Waals surface area contributed by atoms with Crippen molar-refractivity contribution in [1.82, 2.24) is 16.0 Å². The monoisotopic (exact) mass is 715 g/mol. The highest BCUT2D eigenvalue weighted by Crippen LogP contribution is 2.44. The second-order valence-electron chi connectivity index (χ2n) is 13.8. The Labute approximate surface area is 296 Å². The van der Waals surface area contributed by atoms with Crippen molar-refractivity contribution in [3.63, 3.8) is 0 Å². The van der Waals surface area contributed by atoms with E-state index in [1.807, 2.05) is 50.2 Å². The van der Waals surface area contributed by atoms with Crippen LogP contribution in [0.4, 0.5) is 4.79 Å². The number of ether oxygens (including phenoxy) is 3. The number of hydrogen-bond donors (Lipinski definition) is 4. The van der Waals surface area contributed by atoms with Crippen LogP contribution >= 0.6 is 21.6 Å². The number of alkyl carbamates (subject to hydrolysis) is 1. The minimum absolute atomic E-state index is 0.0572. The van der Waals surface area contributed by atoms with Gasteiger partial charge in [-0.15, -0.1) is 0 Å². The number of aliphatic hydroxyl groups excluding tert-OH is 1. The van der Waals surface area contributed by atoms with Gasteiger partial charge in [0.1, 0.15) is 18.7 Å². The zero-order valence-corrected chi connectivity index (χ0v) is 30.7. The minimum atomic E-state index is -1.22. The van der Waals surface area contributed by atoms with Crippen LogP contribution in [-0.4, -0.2) is 90.1 Å². The van der Waals surface area contributed by atoms with Gasteiger partial charge in [-0.25, -0.2) is 9.59 Å². The van der Waals surface area contributed by atoms with Gasteiger partial charge in [-0.05, 0) is 47.4 Å². The fraction of sp³-hybridized carbons (Fsp3) is 0.556. The number of aliphatic hydroxyl groups is 1. The molecule has 3 amide bonds. The molecule has 268 valence electrons. The third kappa shape index (κ3) is 10.9. The van der Waals surface area contributed by atoms with Gasteiger partial charge in [-0.2, -0.15) is 0 Å². The standard InChI is InChI=1S/C36H49N3O8S2/c1-21(2)17-28(34(43)45-6)38-33(42)31-30(40)16-15-22(47-31)18-37-32(41)29(20-48-49-36(3,4)5)39-35(44)46-19-27-25-13-9-7-11-23(25)24-12-8-10-14-26(24)27/h7-14,21-22,27-31,40H,15-20H2,1-6H3,(H,37,41)(H,38,42)(H,39,44)/t22-,28+,29-,30+,31+/m1/s1. The number of esters is 1. The fourth-order valence-corrected chi connectivity index (χ4v) is 8.39. The minimum Gasteiger partial charge on any atom is -0.467 e. The molecule has 0 spiro atoms. The summed E-state index contributed by atoms with van der Waals surface area (Å²) in [5, 5.41) is 18.8. The molecule has 1 fully saturated rings. The van der Waals surface area contributed by atoms with Gasteiger partial charge < -0.3 is 35.3 Å². The zero-order chi connectivity index (χ0) is 35.7. The van der Waals surface area contributed by atoms with Gasteiger partial charge in [-0.3, -0.25) is 9.59 Å². The van der Waals surface area contributed by atoms with Gasteiger partial charge in [0.25, 0.3) is 5.91 Å². The molecule has 49 heavy (non-hydrogen) atoms. The number of fused-ring (bicyclic) bond motifs is 3. The van der Waals surface area contributed by atoms with Crippen LogP contribution < -0.4 is 16.0 Å². The molecule has 4 N–H and O–H groups in total. The molecule has 0 saturated carbocycles.